The molecule has 4 unspecified atom stereocenters. The highest BCUT2D eigenvalue weighted by molar-refractivity contribution is 9.10. The molecule has 0 aromatic heterocycles. The van der Waals surface area contributed by atoms with Gasteiger partial charge >= 0.3 is 5.97 Å². The Balaban J connectivity index is 1.63. The Hall–Kier alpha value is -1.18. The average molecular weight is 456 g/mol. The van der Waals surface area contributed by atoms with Gasteiger partial charge < -0.3 is 5.11 Å². The fraction of sp³-hybridized carbons (Fsp3) is 0.550. The highest BCUT2D eigenvalue weighted by Crippen LogP contribution is 2.46. The fourth-order valence-corrected chi connectivity index (χ4v) is 6.01. The number of carbonyl (C=O) groups is 1. The molecule has 4 atom stereocenters. The second kappa shape index (κ2) is 8.88. The summed E-state index contributed by atoms with van der Waals surface area (Å²) in [6.45, 7) is 0. The van der Waals surface area contributed by atoms with E-state index in [-0.39, 0.29) is 12.5 Å². The Bertz CT molecular complexity index is 791. The molecule has 3 saturated carbocycles. The Labute approximate surface area is 169 Å². The summed E-state index contributed by atoms with van der Waals surface area (Å²) < 4.78 is 29.3. The number of hydrogen-bond donors (Lipinski definition) is 2. The van der Waals surface area contributed by atoms with E-state index in [0.29, 0.717) is 29.1 Å². The summed E-state index contributed by atoms with van der Waals surface area (Å²) in [4.78, 5) is 10.9. The molecule has 5 nitrogen and oxygen atoms in total. The minimum absolute atomic E-state index is 0.0279. The van der Waals surface area contributed by atoms with E-state index in [1.807, 2.05) is 0 Å². The zero-order valence-corrected chi connectivity index (χ0v) is 17.6. The molecule has 0 heterocycles. The van der Waals surface area contributed by atoms with Crippen LogP contribution in [0.15, 0.2) is 45.8 Å². The van der Waals surface area contributed by atoms with Crippen molar-refractivity contribution in [2.24, 2.45) is 17.8 Å². The minimum Gasteiger partial charge on any atom is -0.481 e. The van der Waals surface area contributed by atoms with Crippen LogP contribution in [0.1, 0.15) is 44.9 Å². The summed E-state index contributed by atoms with van der Waals surface area (Å²) in [5.41, 5.74) is 0. The van der Waals surface area contributed by atoms with Crippen LogP contribution in [0, 0.1) is 17.8 Å². The maximum absolute atomic E-state index is 12.8. The Morgan fingerprint density at radius 1 is 1.22 bits per heavy atom. The molecule has 0 saturated heterocycles. The van der Waals surface area contributed by atoms with Gasteiger partial charge in [0.1, 0.15) is 0 Å². The standard InChI is InChI=1S/C20H26BrNO4S/c21-16-7-9-17(10-8-16)27(25,26)22-19-13-14-6-11-18(19)15(12-14)4-2-1-3-5-20(23)24/h2,4,7-10,14-15,18-19,22H,1,3,5-6,11-13H2,(H,23,24)/b4-2-. The van der Waals surface area contributed by atoms with E-state index < -0.39 is 16.0 Å². The van der Waals surface area contributed by atoms with E-state index in [4.69, 9.17) is 5.11 Å². The van der Waals surface area contributed by atoms with Crippen LogP contribution in [0.25, 0.3) is 0 Å². The first-order valence-corrected chi connectivity index (χ1v) is 11.8. The molecule has 2 bridgehead atoms. The van der Waals surface area contributed by atoms with Gasteiger partial charge in [-0.1, -0.05) is 34.5 Å². The molecule has 0 radical (unpaired) electrons. The predicted octanol–water partition coefficient (Wildman–Crippen LogP) is 4.34. The number of benzene rings is 1. The van der Waals surface area contributed by atoms with Gasteiger partial charge in [-0.25, -0.2) is 13.1 Å². The van der Waals surface area contributed by atoms with Crippen molar-refractivity contribution in [3.63, 3.8) is 0 Å². The highest BCUT2D eigenvalue weighted by atomic mass is 79.9. The number of rotatable bonds is 8. The minimum atomic E-state index is -3.52. The van der Waals surface area contributed by atoms with Gasteiger partial charge in [0.25, 0.3) is 0 Å². The molecule has 4 rings (SSSR count). The molecular formula is C20H26BrNO4S. The zero-order valence-electron chi connectivity index (χ0n) is 15.2. The third-order valence-corrected chi connectivity index (χ3v) is 7.78. The monoisotopic (exact) mass is 455 g/mol. The van der Waals surface area contributed by atoms with Crippen molar-refractivity contribution >= 4 is 31.9 Å². The van der Waals surface area contributed by atoms with Crippen molar-refractivity contribution in [1.82, 2.24) is 4.72 Å². The van der Waals surface area contributed by atoms with Crippen molar-refractivity contribution in [1.29, 1.82) is 0 Å². The molecule has 1 aromatic rings. The van der Waals surface area contributed by atoms with E-state index in [2.05, 4.69) is 32.8 Å². The summed E-state index contributed by atoms with van der Waals surface area (Å²) in [6, 6.07) is 6.69. The van der Waals surface area contributed by atoms with Crippen molar-refractivity contribution in [2.75, 3.05) is 0 Å². The topological polar surface area (TPSA) is 83.5 Å². The van der Waals surface area contributed by atoms with Gasteiger partial charge in [-0.05, 0) is 74.1 Å². The number of halogens is 1. The lowest BCUT2D eigenvalue weighted by molar-refractivity contribution is -0.137. The summed E-state index contributed by atoms with van der Waals surface area (Å²) >= 11 is 3.33. The maximum atomic E-state index is 12.8. The molecule has 27 heavy (non-hydrogen) atoms. The molecule has 3 aliphatic rings. The van der Waals surface area contributed by atoms with E-state index >= 15 is 0 Å². The van der Waals surface area contributed by atoms with Gasteiger partial charge in [0.05, 0.1) is 4.90 Å². The van der Waals surface area contributed by atoms with Crippen molar-refractivity contribution in [2.45, 2.75) is 55.9 Å². The lowest BCUT2D eigenvalue weighted by atomic mass is 9.62. The maximum Gasteiger partial charge on any atom is 0.303 e. The highest BCUT2D eigenvalue weighted by Gasteiger charge is 2.42. The first kappa shape index (κ1) is 20.6. The van der Waals surface area contributed by atoms with Crippen LogP contribution < -0.4 is 4.72 Å². The molecule has 3 aliphatic carbocycles. The Morgan fingerprint density at radius 3 is 2.63 bits per heavy atom. The quantitative estimate of drug-likeness (QED) is 0.450. The number of unbranched alkanes of at least 4 members (excludes halogenated alkanes) is 1. The van der Waals surface area contributed by atoms with Gasteiger partial charge in [-0.15, -0.1) is 0 Å². The molecule has 0 amide bonds. The number of nitrogens with one attached hydrogen (secondary N) is 1. The lowest BCUT2D eigenvalue weighted by Gasteiger charge is -2.46. The fourth-order valence-electron chi connectivity index (χ4n) is 4.45. The molecule has 7 heteroatoms. The van der Waals surface area contributed by atoms with Crippen LogP contribution >= 0.6 is 15.9 Å². The van der Waals surface area contributed by atoms with Gasteiger partial charge in [0, 0.05) is 16.9 Å². The van der Waals surface area contributed by atoms with Crippen LogP contribution in [0.5, 0.6) is 0 Å². The first-order valence-electron chi connectivity index (χ1n) is 9.51. The molecule has 148 valence electrons. The number of fused-ring (bicyclic) bond motifs is 3. The Morgan fingerprint density at radius 2 is 1.96 bits per heavy atom. The van der Waals surface area contributed by atoms with Crippen LogP contribution in [0.3, 0.4) is 0 Å². The molecule has 0 spiro atoms. The number of allylic oxidation sites excluding steroid dienone is 2. The number of aliphatic carboxylic acids is 1. The molecule has 1 aromatic carbocycles. The van der Waals surface area contributed by atoms with E-state index in [1.54, 1.807) is 24.3 Å². The SMILES string of the molecule is O=C(O)CCC/C=C\C1CC2CCC1C(NS(=O)(=O)c1ccc(Br)cc1)C2. The molecule has 0 aliphatic heterocycles. The lowest BCUT2D eigenvalue weighted by Crippen LogP contribution is -2.50. The molecule has 2 N–H and O–H groups in total. The number of sulfonamides is 1. The number of carboxylic acids is 1. The van der Waals surface area contributed by atoms with Crippen molar-refractivity contribution in [3.8, 4) is 0 Å². The second-order valence-electron chi connectivity index (χ2n) is 7.64. The summed E-state index contributed by atoms with van der Waals surface area (Å²) in [5.74, 6) is 0.486. The van der Waals surface area contributed by atoms with E-state index in [9.17, 15) is 13.2 Å². The van der Waals surface area contributed by atoms with Crippen LogP contribution in [0.4, 0.5) is 0 Å². The molecule has 3 fully saturated rings. The first-order chi connectivity index (χ1) is 12.8. The zero-order chi connectivity index (χ0) is 19.4. The van der Waals surface area contributed by atoms with Gasteiger partial charge in [-0.3, -0.25) is 4.79 Å². The van der Waals surface area contributed by atoms with Gasteiger partial charge in [-0.2, -0.15) is 0 Å². The normalized spacial score (nSPS) is 27.9. The summed E-state index contributed by atoms with van der Waals surface area (Å²) in [7, 11) is -3.52. The third kappa shape index (κ3) is 5.42. The van der Waals surface area contributed by atoms with Crippen LogP contribution in [-0.4, -0.2) is 25.5 Å². The smallest absolute Gasteiger partial charge is 0.303 e. The van der Waals surface area contributed by atoms with Crippen molar-refractivity contribution < 1.29 is 18.3 Å². The van der Waals surface area contributed by atoms with Gasteiger partial charge in [0.15, 0.2) is 0 Å². The number of carboxylic acid groups (broad SMARTS) is 1. The third-order valence-electron chi connectivity index (χ3n) is 5.74. The van der Waals surface area contributed by atoms with E-state index in [1.165, 1.54) is 6.42 Å². The van der Waals surface area contributed by atoms with Gasteiger partial charge in [0.2, 0.25) is 10.0 Å². The number of hydrogen-bond acceptors (Lipinski definition) is 3. The largest absolute Gasteiger partial charge is 0.481 e. The Kier molecular flexibility index (Phi) is 6.76. The van der Waals surface area contributed by atoms with Crippen LogP contribution in [-0.2, 0) is 14.8 Å². The van der Waals surface area contributed by atoms with Crippen molar-refractivity contribution in [3.05, 3.63) is 40.9 Å². The summed E-state index contributed by atoms with van der Waals surface area (Å²) in [5, 5.41) is 8.71. The van der Waals surface area contributed by atoms with Crippen LogP contribution in [0.2, 0.25) is 0 Å². The second-order valence-corrected chi connectivity index (χ2v) is 10.3. The van der Waals surface area contributed by atoms with E-state index in [0.717, 1.165) is 30.2 Å². The summed E-state index contributed by atoms with van der Waals surface area (Å²) in [6.07, 6.45) is 10.1. The predicted molar refractivity (Wildman–Crippen MR) is 108 cm³/mol. The molecular weight excluding hydrogens is 430 g/mol. The average Bonchev–Trinajstić information content (AvgIpc) is 2.61.